The number of anilines is 1. The Bertz CT molecular complexity index is 630. The molecule has 92 valence electrons. The van der Waals surface area contributed by atoms with Crippen molar-refractivity contribution in [2.75, 3.05) is 5.73 Å². The Morgan fingerprint density at radius 3 is 2.67 bits per heavy atom. The second-order valence-corrected chi connectivity index (χ2v) is 4.96. The third-order valence-corrected chi connectivity index (χ3v) is 3.60. The smallest absolute Gasteiger partial charge is 0.196 e. The van der Waals surface area contributed by atoms with Crippen LogP contribution in [0.15, 0.2) is 40.9 Å². The van der Waals surface area contributed by atoms with Crippen molar-refractivity contribution < 1.29 is 9.18 Å². The molecular weight excluding hydrogens is 321 g/mol. The van der Waals surface area contributed by atoms with Gasteiger partial charge in [-0.2, -0.15) is 0 Å². The largest absolute Gasteiger partial charge is 0.399 e. The molecule has 0 aromatic heterocycles. The van der Waals surface area contributed by atoms with Crippen LogP contribution in [0.3, 0.4) is 0 Å². The number of hydrogen-bond donors (Lipinski definition) is 1. The summed E-state index contributed by atoms with van der Waals surface area (Å²) in [6.45, 7) is 0. The van der Waals surface area contributed by atoms with Crippen LogP contribution >= 0.6 is 27.5 Å². The molecule has 0 aliphatic heterocycles. The molecular formula is C13H8BrClFNO. The van der Waals surface area contributed by atoms with Gasteiger partial charge in [0.05, 0.1) is 10.6 Å². The first kappa shape index (κ1) is 13.1. The lowest BCUT2D eigenvalue weighted by atomic mass is 10.0. The number of nitrogens with two attached hydrogens (primary N) is 1. The van der Waals surface area contributed by atoms with Crippen molar-refractivity contribution in [3.05, 3.63) is 62.8 Å². The fraction of sp³-hybridized carbons (Fsp3) is 0. The van der Waals surface area contributed by atoms with E-state index in [-0.39, 0.29) is 10.6 Å². The highest BCUT2D eigenvalue weighted by atomic mass is 79.9. The van der Waals surface area contributed by atoms with Crippen molar-refractivity contribution in [3.63, 3.8) is 0 Å². The molecule has 2 aromatic carbocycles. The second-order valence-electron chi connectivity index (χ2n) is 3.70. The predicted molar refractivity (Wildman–Crippen MR) is 73.4 cm³/mol. The van der Waals surface area contributed by atoms with Crippen molar-refractivity contribution in [1.82, 2.24) is 0 Å². The summed E-state index contributed by atoms with van der Waals surface area (Å²) >= 11 is 8.95. The average Bonchev–Trinajstić information content (AvgIpc) is 2.33. The van der Waals surface area contributed by atoms with Crippen molar-refractivity contribution in [1.29, 1.82) is 0 Å². The fourth-order valence-electron chi connectivity index (χ4n) is 1.53. The zero-order valence-corrected chi connectivity index (χ0v) is 11.4. The quantitative estimate of drug-likeness (QED) is 0.513. The number of hydrogen-bond acceptors (Lipinski definition) is 2. The molecule has 2 rings (SSSR count). The number of benzene rings is 2. The van der Waals surface area contributed by atoms with Gasteiger partial charge in [0, 0.05) is 15.7 Å². The second kappa shape index (κ2) is 5.08. The maximum Gasteiger partial charge on any atom is 0.196 e. The Hall–Kier alpha value is -1.39. The molecule has 2 aromatic rings. The summed E-state index contributed by atoms with van der Waals surface area (Å²) in [5.74, 6) is -1.08. The van der Waals surface area contributed by atoms with Gasteiger partial charge < -0.3 is 5.73 Å². The molecule has 0 aliphatic rings. The van der Waals surface area contributed by atoms with E-state index in [2.05, 4.69) is 15.9 Å². The van der Waals surface area contributed by atoms with Gasteiger partial charge in [-0.15, -0.1) is 0 Å². The lowest BCUT2D eigenvalue weighted by Crippen LogP contribution is -2.05. The Labute approximate surface area is 117 Å². The third-order valence-electron chi connectivity index (χ3n) is 2.40. The molecule has 0 atom stereocenters. The summed E-state index contributed by atoms with van der Waals surface area (Å²) < 4.78 is 14.1. The number of carbonyl (C=O) groups excluding carboxylic acids is 1. The Balaban J connectivity index is 2.49. The first-order valence-corrected chi connectivity index (χ1v) is 6.21. The van der Waals surface area contributed by atoms with Gasteiger partial charge in [0.2, 0.25) is 0 Å². The number of ketones is 1. The van der Waals surface area contributed by atoms with Crippen LogP contribution in [0.4, 0.5) is 10.1 Å². The van der Waals surface area contributed by atoms with E-state index in [4.69, 9.17) is 17.3 Å². The molecule has 0 saturated carbocycles. The molecule has 2 N–H and O–H groups in total. The molecule has 0 saturated heterocycles. The molecule has 0 amide bonds. The van der Waals surface area contributed by atoms with Crippen LogP contribution in [0.1, 0.15) is 15.9 Å². The van der Waals surface area contributed by atoms with E-state index in [1.807, 2.05) is 0 Å². The molecule has 18 heavy (non-hydrogen) atoms. The zero-order chi connectivity index (χ0) is 13.3. The average molecular weight is 329 g/mol. The predicted octanol–water partition coefficient (Wildman–Crippen LogP) is 4.05. The van der Waals surface area contributed by atoms with Gasteiger partial charge in [0.15, 0.2) is 5.78 Å². The van der Waals surface area contributed by atoms with Crippen LogP contribution < -0.4 is 5.73 Å². The van der Waals surface area contributed by atoms with E-state index in [9.17, 15) is 9.18 Å². The van der Waals surface area contributed by atoms with E-state index in [0.29, 0.717) is 15.7 Å². The normalized spacial score (nSPS) is 10.4. The molecule has 5 heteroatoms. The van der Waals surface area contributed by atoms with Gasteiger partial charge in [-0.3, -0.25) is 4.79 Å². The minimum atomic E-state index is -0.626. The van der Waals surface area contributed by atoms with Crippen molar-refractivity contribution in [2.45, 2.75) is 0 Å². The van der Waals surface area contributed by atoms with E-state index in [0.717, 1.165) is 0 Å². The maximum atomic E-state index is 13.7. The first-order chi connectivity index (χ1) is 8.49. The van der Waals surface area contributed by atoms with Gasteiger partial charge in [-0.05, 0) is 40.2 Å². The molecule has 0 spiro atoms. The van der Waals surface area contributed by atoms with Crippen LogP contribution in [0.5, 0.6) is 0 Å². The van der Waals surface area contributed by atoms with Crippen LogP contribution in [-0.2, 0) is 0 Å². The standard InChI is InChI=1S/C13H8BrClFNO/c14-10-6-12(16)9(5-11(10)15)13(18)7-2-1-3-8(17)4-7/h1-6H,17H2. The summed E-state index contributed by atoms with van der Waals surface area (Å²) in [6.07, 6.45) is 0. The van der Waals surface area contributed by atoms with Crippen LogP contribution in [0.2, 0.25) is 5.02 Å². The number of carbonyl (C=O) groups is 1. The number of rotatable bonds is 2. The van der Waals surface area contributed by atoms with E-state index >= 15 is 0 Å². The fourth-order valence-corrected chi connectivity index (χ4v) is 2.01. The highest BCUT2D eigenvalue weighted by Gasteiger charge is 2.16. The summed E-state index contributed by atoms with van der Waals surface area (Å²) in [6, 6.07) is 8.84. The highest BCUT2D eigenvalue weighted by Crippen LogP contribution is 2.27. The van der Waals surface area contributed by atoms with Gasteiger partial charge in [-0.1, -0.05) is 23.7 Å². The molecule has 0 radical (unpaired) electrons. The van der Waals surface area contributed by atoms with Crippen LogP contribution in [0, 0.1) is 5.82 Å². The number of nitrogen functional groups attached to an aromatic ring is 1. The van der Waals surface area contributed by atoms with E-state index in [1.165, 1.54) is 18.2 Å². The SMILES string of the molecule is Nc1cccc(C(=O)c2cc(Cl)c(Br)cc2F)c1. The monoisotopic (exact) mass is 327 g/mol. The van der Waals surface area contributed by atoms with Crippen LogP contribution in [-0.4, -0.2) is 5.78 Å². The van der Waals surface area contributed by atoms with E-state index < -0.39 is 11.6 Å². The van der Waals surface area contributed by atoms with Gasteiger partial charge in [0.1, 0.15) is 5.82 Å². The summed E-state index contributed by atoms with van der Waals surface area (Å²) in [5.41, 5.74) is 6.29. The summed E-state index contributed by atoms with van der Waals surface area (Å²) in [4.78, 5) is 12.1. The Morgan fingerprint density at radius 2 is 2.00 bits per heavy atom. The Kier molecular flexibility index (Phi) is 3.68. The molecule has 0 bridgehead atoms. The number of halogens is 3. The summed E-state index contributed by atoms with van der Waals surface area (Å²) in [7, 11) is 0. The molecule has 2 nitrogen and oxygen atoms in total. The molecule has 0 heterocycles. The summed E-state index contributed by atoms with van der Waals surface area (Å²) in [5, 5.41) is 0.281. The first-order valence-electron chi connectivity index (χ1n) is 5.04. The molecule has 0 fully saturated rings. The topological polar surface area (TPSA) is 43.1 Å². The lowest BCUT2D eigenvalue weighted by Gasteiger charge is -2.05. The zero-order valence-electron chi connectivity index (χ0n) is 9.08. The minimum Gasteiger partial charge on any atom is -0.399 e. The van der Waals surface area contributed by atoms with Crippen molar-refractivity contribution >= 4 is 39.0 Å². The third kappa shape index (κ3) is 2.54. The van der Waals surface area contributed by atoms with Crippen molar-refractivity contribution in [3.8, 4) is 0 Å². The lowest BCUT2D eigenvalue weighted by molar-refractivity contribution is 0.103. The molecule has 0 aliphatic carbocycles. The Morgan fingerprint density at radius 1 is 1.28 bits per heavy atom. The minimum absolute atomic E-state index is 0.0752. The van der Waals surface area contributed by atoms with E-state index in [1.54, 1.807) is 18.2 Å². The van der Waals surface area contributed by atoms with Gasteiger partial charge >= 0.3 is 0 Å². The van der Waals surface area contributed by atoms with Crippen LogP contribution in [0.25, 0.3) is 0 Å². The van der Waals surface area contributed by atoms with Crippen molar-refractivity contribution in [2.24, 2.45) is 0 Å². The van der Waals surface area contributed by atoms with Gasteiger partial charge in [-0.25, -0.2) is 4.39 Å². The molecule has 0 unspecified atom stereocenters. The highest BCUT2D eigenvalue weighted by molar-refractivity contribution is 9.10. The maximum absolute atomic E-state index is 13.7. The van der Waals surface area contributed by atoms with Gasteiger partial charge in [0.25, 0.3) is 0 Å².